The van der Waals surface area contributed by atoms with Gasteiger partial charge in [0.15, 0.2) is 0 Å². The fourth-order valence-corrected chi connectivity index (χ4v) is 1.69. The molecule has 1 atom stereocenters. The summed E-state index contributed by atoms with van der Waals surface area (Å²) < 4.78 is 4.92. The SMILES string of the molecule is CCOC(=O)C(Cc1ccccc1C)C(C)=O. The third-order valence-corrected chi connectivity index (χ3v) is 2.75. The number of benzene rings is 1. The minimum absolute atomic E-state index is 0.147. The number of aryl methyl sites for hydroxylation is 1. The lowest BCUT2D eigenvalue weighted by atomic mass is 9.93. The zero-order valence-electron chi connectivity index (χ0n) is 10.5. The smallest absolute Gasteiger partial charge is 0.316 e. The van der Waals surface area contributed by atoms with Gasteiger partial charge in [-0.3, -0.25) is 9.59 Å². The number of rotatable bonds is 5. The summed E-state index contributed by atoms with van der Waals surface area (Å²) in [4.78, 5) is 23.1. The number of carbonyl (C=O) groups is 2. The Balaban J connectivity index is 2.84. The maximum atomic E-state index is 11.7. The minimum Gasteiger partial charge on any atom is -0.465 e. The van der Waals surface area contributed by atoms with Crippen molar-refractivity contribution in [1.29, 1.82) is 0 Å². The van der Waals surface area contributed by atoms with Gasteiger partial charge in [-0.1, -0.05) is 24.3 Å². The fourth-order valence-electron chi connectivity index (χ4n) is 1.69. The average Bonchev–Trinajstić information content (AvgIpc) is 2.27. The van der Waals surface area contributed by atoms with Crippen molar-refractivity contribution in [2.75, 3.05) is 6.61 Å². The summed E-state index contributed by atoms with van der Waals surface area (Å²) in [6.45, 7) is 5.44. The Morgan fingerprint density at radius 2 is 1.94 bits per heavy atom. The van der Waals surface area contributed by atoms with Crippen molar-refractivity contribution in [1.82, 2.24) is 0 Å². The summed E-state index contributed by atoms with van der Waals surface area (Å²) in [5, 5.41) is 0. The molecule has 92 valence electrons. The molecule has 1 unspecified atom stereocenters. The largest absolute Gasteiger partial charge is 0.465 e. The van der Waals surface area contributed by atoms with E-state index < -0.39 is 11.9 Å². The van der Waals surface area contributed by atoms with E-state index in [4.69, 9.17) is 4.74 Å². The highest BCUT2D eigenvalue weighted by atomic mass is 16.5. The number of esters is 1. The standard InChI is InChI=1S/C14H18O3/c1-4-17-14(16)13(11(3)15)9-12-8-6-5-7-10(12)2/h5-8,13H,4,9H2,1-3H3. The van der Waals surface area contributed by atoms with Gasteiger partial charge in [0, 0.05) is 0 Å². The highest BCUT2D eigenvalue weighted by Crippen LogP contribution is 2.15. The number of ketones is 1. The summed E-state index contributed by atoms with van der Waals surface area (Å²) in [6.07, 6.45) is 0.418. The van der Waals surface area contributed by atoms with E-state index in [1.165, 1.54) is 6.92 Å². The summed E-state index contributed by atoms with van der Waals surface area (Å²) in [7, 11) is 0. The topological polar surface area (TPSA) is 43.4 Å². The minimum atomic E-state index is -0.684. The van der Waals surface area contributed by atoms with Crippen LogP contribution in [0.5, 0.6) is 0 Å². The predicted octanol–water partition coefficient (Wildman–Crippen LogP) is 2.31. The van der Waals surface area contributed by atoms with E-state index in [0.29, 0.717) is 13.0 Å². The average molecular weight is 234 g/mol. The second-order valence-corrected chi connectivity index (χ2v) is 4.05. The summed E-state index contributed by atoms with van der Waals surface area (Å²) in [6, 6.07) is 7.75. The van der Waals surface area contributed by atoms with Crippen LogP contribution in [0.25, 0.3) is 0 Å². The normalized spacial score (nSPS) is 11.9. The Hall–Kier alpha value is -1.64. The molecule has 0 heterocycles. The van der Waals surface area contributed by atoms with Crippen LogP contribution in [0.15, 0.2) is 24.3 Å². The molecule has 0 aliphatic carbocycles. The third kappa shape index (κ3) is 3.70. The van der Waals surface area contributed by atoms with Crippen LogP contribution >= 0.6 is 0 Å². The van der Waals surface area contributed by atoms with Crippen LogP contribution in [0, 0.1) is 12.8 Å². The van der Waals surface area contributed by atoms with E-state index >= 15 is 0 Å². The predicted molar refractivity (Wildman–Crippen MR) is 65.7 cm³/mol. The highest BCUT2D eigenvalue weighted by molar-refractivity contribution is 5.98. The quantitative estimate of drug-likeness (QED) is 0.580. The number of ether oxygens (including phenoxy) is 1. The maximum Gasteiger partial charge on any atom is 0.316 e. The Morgan fingerprint density at radius 3 is 2.47 bits per heavy atom. The lowest BCUT2D eigenvalue weighted by molar-refractivity contribution is -0.151. The van der Waals surface area contributed by atoms with Gasteiger partial charge in [-0.15, -0.1) is 0 Å². The van der Waals surface area contributed by atoms with Crippen LogP contribution < -0.4 is 0 Å². The Morgan fingerprint density at radius 1 is 1.29 bits per heavy atom. The fraction of sp³-hybridized carbons (Fsp3) is 0.429. The van der Waals surface area contributed by atoms with Crippen molar-refractivity contribution in [2.45, 2.75) is 27.2 Å². The molecule has 17 heavy (non-hydrogen) atoms. The first kappa shape index (κ1) is 13.4. The zero-order valence-corrected chi connectivity index (χ0v) is 10.5. The Bertz CT molecular complexity index is 410. The third-order valence-electron chi connectivity index (χ3n) is 2.75. The summed E-state index contributed by atoms with van der Waals surface area (Å²) >= 11 is 0. The molecule has 1 rings (SSSR count). The molecule has 0 aliphatic rings. The molecular weight excluding hydrogens is 216 g/mol. The van der Waals surface area contributed by atoms with Gasteiger partial charge >= 0.3 is 5.97 Å². The van der Waals surface area contributed by atoms with Gasteiger partial charge in [-0.2, -0.15) is 0 Å². The Labute approximate surface area is 102 Å². The van der Waals surface area contributed by atoms with E-state index in [1.54, 1.807) is 6.92 Å². The zero-order chi connectivity index (χ0) is 12.8. The number of carbonyl (C=O) groups excluding carboxylic acids is 2. The lowest BCUT2D eigenvalue weighted by Crippen LogP contribution is -2.26. The second-order valence-electron chi connectivity index (χ2n) is 4.05. The molecule has 0 fully saturated rings. The first-order chi connectivity index (χ1) is 8.06. The molecule has 0 saturated carbocycles. The molecule has 1 aromatic rings. The van der Waals surface area contributed by atoms with Crippen LogP contribution in [0.2, 0.25) is 0 Å². The van der Waals surface area contributed by atoms with Crippen molar-refractivity contribution in [3.8, 4) is 0 Å². The van der Waals surface area contributed by atoms with Crippen molar-refractivity contribution in [2.24, 2.45) is 5.92 Å². The van der Waals surface area contributed by atoms with Crippen LogP contribution in [-0.4, -0.2) is 18.4 Å². The van der Waals surface area contributed by atoms with E-state index in [9.17, 15) is 9.59 Å². The van der Waals surface area contributed by atoms with Gasteiger partial charge in [-0.25, -0.2) is 0 Å². The van der Waals surface area contributed by atoms with E-state index in [1.807, 2.05) is 31.2 Å². The molecule has 0 aliphatic heterocycles. The molecule has 0 bridgehead atoms. The molecule has 0 N–H and O–H groups in total. The van der Waals surface area contributed by atoms with Gasteiger partial charge in [0.25, 0.3) is 0 Å². The molecule has 0 aromatic heterocycles. The van der Waals surface area contributed by atoms with Gasteiger partial charge in [0.2, 0.25) is 0 Å². The van der Waals surface area contributed by atoms with Crippen LogP contribution in [-0.2, 0) is 20.7 Å². The van der Waals surface area contributed by atoms with Crippen molar-refractivity contribution in [3.05, 3.63) is 35.4 Å². The van der Waals surface area contributed by atoms with Crippen LogP contribution in [0.4, 0.5) is 0 Å². The van der Waals surface area contributed by atoms with E-state index in [2.05, 4.69) is 0 Å². The molecule has 3 heteroatoms. The molecule has 0 saturated heterocycles. The molecular formula is C14H18O3. The van der Waals surface area contributed by atoms with Gasteiger partial charge in [-0.05, 0) is 38.3 Å². The monoisotopic (exact) mass is 234 g/mol. The maximum absolute atomic E-state index is 11.7. The van der Waals surface area contributed by atoms with Crippen LogP contribution in [0.1, 0.15) is 25.0 Å². The van der Waals surface area contributed by atoms with Gasteiger partial charge in [0.1, 0.15) is 11.7 Å². The number of Topliss-reactive ketones (excluding diaryl/α,β-unsaturated/α-hetero) is 1. The molecule has 3 nitrogen and oxygen atoms in total. The van der Waals surface area contributed by atoms with Crippen molar-refractivity contribution < 1.29 is 14.3 Å². The first-order valence-electron chi connectivity index (χ1n) is 5.77. The Kier molecular flexibility index (Phi) is 4.88. The van der Waals surface area contributed by atoms with E-state index in [-0.39, 0.29) is 5.78 Å². The first-order valence-corrected chi connectivity index (χ1v) is 5.77. The molecule has 0 radical (unpaired) electrons. The number of hydrogen-bond donors (Lipinski definition) is 0. The van der Waals surface area contributed by atoms with Gasteiger partial charge in [0.05, 0.1) is 6.61 Å². The molecule has 0 spiro atoms. The van der Waals surface area contributed by atoms with Crippen molar-refractivity contribution in [3.63, 3.8) is 0 Å². The number of hydrogen-bond acceptors (Lipinski definition) is 3. The highest BCUT2D eigenvalue weighted by Gasteiger charge is 2.25. The molecule has 1 aromatic carbocycles. The van der Waals surface area contributed by atoms with Gasteiger partial charge < -0.3 is 4.74 Å². The van der Waals surface area contributed by atoms with Crippen molar-refractivity contribution >= 4 is 11.8 Å². The van der Waals surface area contributed by atoms with E-state index in [0.717, 1.165) is 11.1 Å². The second kappa shape index (κ2) is 6.18. The summed E-state index contributed by atoms with van der Waals surface area (Å²) in [5.41, 5.74) is 2.10. The lowest BCUT2D eigenvalue weighted by Gasteiger charge is -2.13. The van der Waals surface area contributed by atoms with Crippen LogP contribution in [0.3, 0.4) is 0 Å². The molecule has 0 amide bonds. The summed E-state index contributed by atoms with van der Waals surface area (Å²) in [5.74, 6) is -1.26.